The monoisotopic (exact) mass is 325 g/mol. The van der Waals surface area contributed by atoms with Crippen molar-refractivity contribution in [2.45, 2.75) is 0 Å². The van der Waals surface area contributed by atoms with E-state index in [0.717, 1.165) is 18.2 Å². The van der Waals surface area contributed by atoms with Gasteiger partial charge < -0.3 is 10.1 Å². The van der Waals surface area contributed by atoms with E-state index in [1.165, 1.54) is 25.3 Å². The summed E-state index contributed by atoms with van der Waals surface area (Å²) in [6.45, 7) is 0. The second-order valence-electron chi connectivity index (χ2n) is 4.24. The van der Waals surface area contributed by atoms with Crippen molar-refractivity contribution in [3.8, 4) is 0 Å². The van der Waals surface area contributed by atoms with Gasteiger partial charge in [-0.3, -0.25) is 4.79 Å². The molecule has 0 saturated carbocycles. The highest BCUT2D eigenvalue weighted by Crippen LogP contribution is 2.25. The molecule has 0 aliphatic carbocycles. The maximum Gasteiger partial charge on any atom is 0.337 e. The van der Waals surface area contributed by atoms with Crippen molar-refractivity contribution in [3.05, 3.63) is 64.2 Å². The second kappa shape index (κ2) is 6.53. The first-order chi connectivity index (χ1) is 10.4. The lowest BCUT2D eigenvalue weighted by Crippen LogP contribution is -2.16. The van der Waals surface area contributed by atoms with Crippen LogP contribution in [0.15, 0.2) is 36.4 Å². The topological polar surface area (TPSA) is 55.4 Å². The third-order valence-electron chi connectivity index (χ3n) is 2.83. The molecule has 114 valence electrons. The first-order valence-corrected chi connectivity index (χ1v) is 6.45. The van der Waals surface area contributed by atoms with Gasteiger partial charge in [0.15, 0.2) is 0 Å². The summed E-state index contributed by atoms with van der Waals surface area (Å²) >= 11 is 5.90. The lowest BCUT2D eigenvalue weighted by molar-refractivity contribution is 0.0600. The van der Waals surface area contributed by atoms with E-state index in [9.17, 15) is 18.4 Å². The standard InChI is InChI=1S/C15H10ClF2NO3/c1-22-15(21)8-5-6-9(16)12(7-8)19-14(20)13-10(17)3-2-4-11(13)18/h2-7H,1H3,(H,19,20). The van der Waals surface area contributed by atoms with Crippen LogP contribution in [-0.4, -0.2) is 19.0 Å². The quantitative estimate of drug-likeness (QED) is 0.876. The van der Waals surface area contributed by atoms with E-state index in [0.29, 0.717) is 0 Å². The Morgan fingerprint density at radius 1 is 1.14 bits per heavy atom. The van der Waals surface area contributed by atoms with Gasteiger partial charge in [-0.2, -0.15) is 0 Å². The third-order valence-corrected chi connectivity index (χ3v) is 3.16. The molecule has 1 amide bonds. The molecule has 0 aromatic heterocycles. The number of anilines is 1. The van der Waals surface area contributed by atoms with Crippen LogP contribution >= 0.6 is 11.6 Å². The van der Waals surface area contributed by atoms with E-state index < -0.39 is 29.1 Å². The summed E-state index contributed by atoms with van der Waals surface area (Å²) in [6, 6.07) is 7.08. The lowest BCUT2D eigenvalue weighted by Gasteiger charge is -2.10. The van der Waals surface area contributed by atoms with Crippen molar-refractivity contribution in [1.82, 2.24) is 0 Å². The van der Waals surface area contributed by atoms with Gasteiger partial charge in [0, 0.05) is 0 Å². The third kappa shape index (κ3) is 3.23. The predicted molar refractivity (Wildman–Crippen MR) is 77.1 cm³/mol. The average molecular weight is 326 g/mol. The van der Waals surface area contributed by atoms with Gasteiger partial charge in [-0.25, -0.2) is 13.6 Å². The van der Waals surface area contributed by atoms with Crippen LogP contribution < -0.4 is 5.32 Å². The Bertz CT molecular complexity index is 729. The molecule has 0 heterocycles. The molecule has 0 fully saturated rings. The van der Waals surface area contributed by atoms with Crippen LogP contribution in [-0.2, 0) is 4.74 Å². The van der Waals surface area contributed by atoms with Crippen LogP contribution in [0.1, 0.15) is 20.7 Å². The van der Waals surface area contributed by atoms with Crippen LogP contribution in [0.5, 0.6) is 0 Å². The number of ether oxygens (including phenoxy) is 1. The number of benzene rings is 2. The fourth-order valence-electron chi connectivity index (χ4n) is 1.77. The van der Waals surface area contributed by atoms with Gasteiger partial charge in [0.1, 0.15) is 17.2 Å². The van der Waals surface area contributed by atoms with Crippen LogP contribution in [0.4, 0.5) is 14.5 Å². The van der Waals surface area contributed by atoms with Crippen molar-refractivity contribution < 1.29 is 23.1 Å². The number of halogens is 3. The first-order valence-electron chi connectivity index (χ1n) is 6.07. The van der Waals surface area contributed by atoms with Gasteiger partial charge in [-0.15, -0.1) is 0 Å². The van der Waals surface area contributed by atoms with E-state index >= 15 is 0 Å². The fourth-order valence-corrected chi connectivity index (χ4v) is 1.93. The minimum Gasteiger partial charge on any atom is -0.465 e. The summed E-state index contributed by atoms with van der Waals surface area (Å²) in [4.78, 5) is 23.4. The smallest absolute Gasteiger partial charge is 0.337 e. The zero-order chi connectivity index (χ0) is 16.3. The molecule has 0 atom stereocenters. The number of nitrogens with one attached hydrogen (secondary N) is 1. The molecule has 0 aliphatic rings. The minimum atomic E-state index is -1.01. The van der Waals surface area contributed by atoms with E-state index in [-0.39, 0.29) is 16.3 Å². The number of carbonyl (C=O) groups is 2. The Morgan fingerprint density at radius 3 is 2.36 bits per heavy atom. The van der Waals surface area contributed by atoms with E-state index in [2.05, 4.69) is 10.1 Å². The molecule has 0 unspecified atom stereocenters. The highest BCUT2D eigenvalue weighted by atomic mass is 35.5. The Hall–Kier alpha value is -2.47. The van der Waals surface area contributed by atoms with Crippen LogP contribution in [0, 0.1) is 11.6 Å². The Labute approximate surface area is 129 Å². The van der Waals surface area contributed by atoms with Gasteiger partial charge in [-0.05, 0) is 30.3 Å². The zero-order valence-electron chi connectivity index (χ0n) is 11.3. The Balaban J connectivity index is 2.34. The molecule has 0 bridgehead atoms. The molecule has 1 N–H and O–H groups in total. The number of rotatable bonds is 3. The second-order valence-corrected chi connectivity index (χ2v) is 4.64. The minimum absolute atomic E-state index is 0.0391. The van der Waals surface area contributed by atoms with Gasteiger partial charge in [0.05, 0.1) is 23.4 Å². The molecule has 7 heteroatoms. The molecule has 0 spiro atoms. The number of hydrogen-bond donors (Lipinski definition) is 1. The highest BCUT2D eigenvalue weighted by Gasteiger charge is 2.18. The number of amides is 1. The van der Waals surface area contributed by atoms with Gasteiger partial charge in [0.2, 0.25) is 0 Å². The zero-order valence-corrected chi connectivity index (χ0v) is 12.1. The maximum atomic E-state index is 13.6. The van der Waals surface area contributed by atoms with Crippen molar-refractivity contribution in [2.75, 3.05) is 12.4 Å². The van der Waals surface area contributed by atoms with E-state index in [1.54, 1.807) is 0 Å². The van der Waals surface area contributed by atoms with Crippen molar-refractivity contribution in [2.24, 2.45) is 0 Å². The molecular formula is C15H10ClF2NO3. The summed E-state index contributed by atoms with van der Waals surface area (Å²) in [5.41, 5.74) is -0.560. The largest absolute Gasteiger partial charge is 0.465 e. The molecule has 0 aliphatic heterocycles. The summed E-state index contributed by atoms with van der Waals surface area (Å²) in [7, 11) is 1.20. The maximum absolute atomic E-state index is 13.6. The van der Waals surface area contributed by atoms with Crippen molar-refractivity contribution in [3.63, 3.8) is 0 Å². The van der Waals surface area contributed by atoms with Crippen molar-refractivity contribution in [1.29, 1.82) is 0 Å². The normalized spacial score (nSPS) is 10.2. The van der Waals surface area contributed by atoms with Crippen LogP contribution in [0.3, 0.4) is 0 Å². The Kier molecular flexibility index (Phi) is 4.72. The number of methoxy groups -OCH3 is 1. The molecule has 0 radical (unpaired) electrons. The summed E-state index contributed by atoms with van der Waals surface area (Å²) in [5, 5.41) is 2.38. The van der Waals surface area contributed by atoms with Crippen LogP contribution in [0.25, 0.3) is 0 Å². The molecule has 0 saturated heterocycles. The number of esters is 1. The van der Waals surface area contributed by atoms with Crippen molar-refractivity contribution >= 4 is 29.2 Å². The lowest BCUT2D eigenvalue weighted by atomic mass is 10.1. The predicted octanol–water partition coefficient (Wildman–Crippen LogP) is 3.66. The molecule has 2 aromatic carbocycles. The fraction of sp³-hybridized carbons (Fsp3) is 0.0667. The van der Waals surface area contributed by atoms with Gasteiger partial charge in [0.25, 0.3) is 5.91 Å². The molecular weight excluding hydrogens is 316 g/mol. The molecule has 4 nitrogen and oxygen atoms in total. The van der Waals surface area contributed by atoms with E-state index in [1.807, 2.05) is 0 Å². The Morgan fingerprint density at radius 2 is 1.77 bits per heavy atom. The summed E-state index contributed by atoms with van der Waals surface area (Å²) in [6.07, 6.45) is 0. The number of hydrogen-bond acceptors (Lipinski definition) is 3. The molecule has 22 heavy (non-hydrogen) atoms. The average Bonchev–Trinajstić information content (AvgIpc) is 2.48. The van der Waals surface area contributed by atoms with Gasteiger partial charge in [-0.1, -0.05) is 17.7 Å². The summed E-state index contributed by atoms with van der Waals surface area (Å²) < 4.78 is 31.7. The highest BCUT2D eigenvalue weighted by molar-refractivity contribution is 6.34. The SMILES string of the molecule is COC(=O)c1ccc(Cl)c(NC(=O)c2c(F)cccc2F)c1. The molecule has 2 rings (SSSR count). The van der Waals surface area contributed by atoms with Gasteiger partial charge >= 0.3 is 5.97 Å². The van der Waals surface area contributed by atoms with E-state index in [4.69, 9.17) is 11.6 Å². The van der Waals surface area contributed by atoms with Crippen LogP contribution in [0.2, 0.25) is 5.02 Å². The summed E-state index contributed by atoms with van der Waals surface area (Å²) in [5.74, 6) is -3.65. The first kappa shape index (κ1) is 15.9. The number of carbonyl (C=O) groups excluding carboxylic acids is 2. The molecule has 2 aromatic rings.